The Hall–Kier alpha value is -1.32. The van der Waals surface area contributed by atoms with E-state index in [1.165, 1.54) is 19.3 Å². The van der Waals surface area contributed by atoms with Crippen LogP contribution in [-0.4, -0.2) is 29.6 Å². The Morgan fingerprint density at radius 3 is 2.81 bits per heavy atom. The molecule has 1 aliphatic heterocycles. The lowest BCUT2D eigenvalue weighted by Gasteiger charge is -2.33. The monoisotopic (exact) mass is 290 g/mol. The molecule has 2 rings (SSSR count). The third-order valence-electron chi connectivity index (χ3n) is 4.21. The highest BCUT2D eigenvalue weighted by atomic mass is 15.2. The first kappa shape index (κ1) is 16.1. The van der Waals surface area contributed by atoms with Crippen LogP contribution in [-0.2, 0) is 6.42 Å². The van der Waals surface area contributed by atoms with Gasteiger partial charge in [0.1, 0.15) is 17.5 Å². The maximum absolute atomic E-state index is 4.80. The number of aromatic nitrogens is 2. The minimum Gasteiger partial charge on any atom is -0.370 e. The summed E-state index contributed by atoms with van der Waals surface area (Å²) in [6.45, 7) is 9.91. The average Bonchev–Trinajstić information content (AvgIpc) is 2.53. The van der Waals surface area contributed by atoms with E-state index in [0.717, 1.165) is 62.3 Å². The predicted octanol–water partition coefficient (Wildman–Crippen LogP) is 3.88. The summed E-state index contributed by atoms with van der Waals surface area (Å²) >= 11 is 0. The predicted molar refractivity (Wildman–Crippen MR) is 90.0 cm³/mol. The van der Waals surface area contributed by atoms with Gasteiger partial charge in [-0.2, -0.15) is 0 Å². The van der Waals surface area contributed by atoms with Crippen molar-refractivity contribution in [2.75, 3.05) is 29.9 Å². The van der Waals surface area contributed by atoms with Crippen molar-refractivity contribution in [3.63, 3.8) is 0 Å². The van der Waals surface area contributed by atoms with E-state index in [2.05, 4.69) is 42.0 Å². The van der Waals surface area contributed by atoms with E-state index in [-0.39, 0.29) is 0 Å². The van der Waals surface area contributed by atoms with Gasteiger partial charge in [-0.05, 0) is 31.6 Å². The zero-order valence-corrected chi connectivity index (χ0v) is 13.9. The summed E-state index contributed by atoms with van der Waals surface area (Å²) in [5.74, 6) is 3.90. The van der Waals surface area contributed by atoms with Crippen LogP contribution in [0.1, 0.15) is 58.7 Å². The standard InChI is InChI=1S/C17H30N4/c1-4-8-15-19-16(18-10-5-2)12-17(20-15)21-11-7-9-14(6-3)13-21/h12,14H,4-11,13H2,1-3H3,(H,18,19,20). The van der Waals surface area contributed by atoms with Crippen LogP contribution in [0.15, 0.2) is 6.07 Å². The minimum absolute atomic E-state index is 0.815. The molecule has 2 heterocycles. The molecule has 0 bridgehead atoms. The molecule has 1 N–H and O–H groups in total. The minimum atomic E-state index is 0.815. The van der Waals surface area contributed by atoms with Gasteiger partial charge in [-0.3, -0.25) is 0 Å². The number of rotatable bonds is 7. The zero-order chi connectivity index (χ0) is 15.1. The van der Waals surface area contributed by atoms with Gasteiger partial charge < -0.3 is 10.2 Å². The summed E-state index contributed by atoms with van der Waals surface area (Å²) in [6.07, 6.45) is 7.08. The fraction of sp³-hybridized carbons (Fsp3) is 0.765. The summed E-state index contributed by atoms with van der Waals surface area (Å²) in [7, 11) is 0. The first-order chi connectivity index (χ1) is 10.3. The molecule has 1 saturated heterocycles. The molecule has 0 aliphatic carbocycles. The van der Waals surface area contributed by atoms with Crippen molar-refractivity contribution >= 4 is 11.6 Å². The van der Waals surface area contributed by atoms with E-state index in [1.807, 2.05) is 0 Å². The summed E-state index contributed by atoms with van der Waals surface area (Å²) in [4.78, 5) is 11.9. The van der Waals surface area contributed by atoms with E-state index in [0.29, 0.717) is 0 Å². The summed E-state index contributed by atoms with van der Waals surface area (Å²) in [5.41, 5.74) is 0. The summed E-state index contributed by atoms with van der Waals surface area (Å²) < 4.78 is 0. The van der Waals surface area contributed by atoms with Crippen LogP contribution in [0.4, 0.5) is 11.6 Å². The van der Waals surface area contributed by atoms with E-state index in [4.69, 9.17) is 4.98 Å². The second kappa shape index (κ2) is 8.20. The van der Waals surface area contributed by atoms with Gasteiger partial charge in [0.05, 0.1) is 0 Å². The van der Waals surface area contributed by atoms with Gasteiger partial charge in [0.15, 0.2) is 0 Å². The van der Waals surface area contributed by atoms with Crippen molar-refractivity contribution in [1.82, 2.24) is 9.97 Å². The highest BCUT2D eigenvalue weighted by Crippen LogP contribution is 2.25. The number of anilines is 2. The van der Waals surface area contributed by atoms with E-state index in [9.17, 15) is 0 Å². The molecular weight excluding hydrogens is 260 g/mol. The molecule has 118 valence electrons. The fourth-order valence-corrected chi connectivity index (χ4v) is 2.93. The molecule has 4 nitrogen and oxygen atoms in total. The SMILES string of the molecule is CCCNc1cc(N2CCCC(CC)C2)nc(CCC)n1. The number of aryl methyl sites for hydroxylation is 1. The molecule has 21 heavy (non-hydrogen) atoms. The lowest BCUT2D eigenvalue weighted by Crippen LogP contribution is -2.36. The molecule has 0 aromatic carbocycles. The van der Waals surface area contributed by atoms with Gasteiger partial charge in [-0.15, -0.1) is 0 Å². The van der Waals surface area contributed by atoms with Crippen LogP contribution in [0.2, 0.25) is 0 Å². The maximum atomic E-state index is 4.80. The molecule has 1 unspecified atom stereocenters. The molecular formula is C17H30N4. The Morgan fingerprint density at radius 2 is 2.10 bits per heavy atom. The van der Waals surface area contributed by atoms with E-state index in [1.54, 1.807) is 0 Å². The van der Waals surface area contributed by atoms with Crippen LogP contribution in [0.5, 0.6) is 0 Å². The molecule has 1 aliphatic rings. The molecule has 1 aromatic rings. The van der Waals surface area contributed by atoms with E-state index < -0.39 is 0 Å². The van der Waals surface area contributed by atoms with Gasteiger partial charge in [0.25, 0.3) is 0 Å². The van der Waals surface area contributed by atoms with Crippen LogP contribution < -0.4 is 10.2 Å². The highest BCUT2D eigenvalue weighted by molar-refractivity contribution is 5.49. The number of hydrogen-bond acceptors (Lipinski definition) is 4. The van der Waals surface area contributed by atoms with Crippen molar-refractivity contribution in [3.8, 4) is 0 Å². The number of hydrogen-bond donors (Lipinski definition) is 1. The maximum Gasteiger partial charge on any atom is 0.134 e. The van der Waals surface area contributed by atoms with Crippen molar-refractivity contribution in [2.45, 2.75) is 59.3 Å². The van der Waals surface area contributed by atoms with Crippen molar-refractivity contribution in [1.29, 1.82) is 0 Å². The van der Waals surface area contributed by atoms with Gasteiger partial charge in [-0.25, -0.2) is 9.97 Å². The normalized spacial score (nSPS) is 18.8. The lowest BCUT2D eigenvalue weighted by molar-refractivity contribution is 0.402. The Kier molecular flexibility index (Phi) is 6.27. The second-order valence-corrected chi connectivity index (χ2v) is 6.07. The van der Waals surface area contributed by atoms with E-state index >= 15 is 0 Å². The van der Waals surface area contributed by atoms with Gasteiger partial charge >= 0.3 is 0 Å². The fourth-order valence-electron chi connectivity index (χ4n) is 2.93. The van der Waals surface area contributed by atoms with Gasteiger partial charge in [-0.1, -0.05) is 27.2 Å². The molecule has 4 heteroatoms. The number of nitrogens with zero attached hydrogens (tertiary/aromatic N) is 3. The third kappa shape index (κ3) is 4.58. The molecule has 0 amide bonds. The topological polar surface area (TPSA) is 41.0 Å². The highest BCUT2D eigenvalue weighted by Gasteiger charge is 2.20. The smallest absolute Gasteiger partial charge is 0.134 e. The Bertz CT molecular complexity index is 433. The Labute approximate surface area is 129 Å². The number of nitrogens with one attached hydrogen (secondary N) is 1. The average molecular weight is 290 g/mol. The second-order valence-electron chi connectivity index (χ2n) is 6.07. The quantitative estimate of drug-likeness (QED) is 0.827. The van der Waals surface area contributed by atoms with Gasteiger partial charge in [0.2, 0.25) is 0 Å². The molecule has 1 atom stereocenters. The Balaban J connectivity index is 2.17. The lowest BCUT2D eigenvalue weighted by atomic mass is 9.96. The third-order valence-corrected chi connectivity index (χ3v) is 4.21. The number of piperidine rings is 1. The molecule has 0 saturated carbocycles. The summed E-state index contributed by atoms with van der Waals surface area (Å²) in [6, 6.07) is 2.13. The molecule has 1 fully saturated rings. The van der Waals surface area contributed by atoms with Crippen molar-refractivity contribution in [3.05, 3.63) is 11.9 Å². The van der Waals surface area contributed by atoms with Gasteiger partial charge in [0, 0.05) is 32.1 Å². The van der Waals surface area contributed by atoms with Crippen LogP contribution in [0, 0.1) is 5.92 Å². The first-order valence-electron chi connectivity index (χ1n) is 8.63. The van der Waals surface area contributed by atoms with Crippen LogP contribution in [0.25, 0.3) is 0 Å². The van der Waals surface area contributed by atoms with Crippen LogP contribution in [0.3, 0.4) is 0 Å². The van der Waals surface area contributed by atoms with Crippen molar-refractivity contribution < 1.29 is 0 Å². The summed E-state index contributed by atoms with van der Waals surface area (Å²) in [5, 5.41) is 3.42. The van der Waals surface area contributed by atoms with Crippen LogP contribution >= 0.6 is 0 Å². The molecule has 1 aromatic heterocycles. The Morgan fingerprint density at radius 1 is 1.24 bits per heavy atom. The molecule has 0 spiro atoms. The largest absolute Gasteiger partial charge is 0.370 e. The first-order valence-corrected chi connectivity index (χ1v) is 8.63. The zero-order valence-electron chi connectivity index (χ0n) is 13.9. The molecule has 0 radical (unpaired) electrons. The van der Waals surface area contributed by atoms with Crippen molar-refractivity contribution in [2.24, 2.45) is 5.92 Å².